The summed E-state index contributed by atoms with van der Waals surface area (Å²) in [6, 6.07) is 2.43. The fourth-order valence-corrected chi connectivity index (χ4v) is 4.12. The lowest BCUT2D eigenvalue weighted by Crippen LogP contribution is -2.42. The molecule has 3 heterocycles. The summed E-state index contributed by atoms with van der Waals surface area (Å²) in [7, 11) is 0. The molecule has 1 unspecified atom stereocenters. The Morgan fingerprint density at radius 1 is 1.15 bits per heavy atom. The first-order valence-corrected chi connectivity index (χ1v) is 10.3. The molecule has 144 valence electrons. The minimum Gasteiger partial charge on any atom is -0.356 e. The minimum absolute atomic E-state index is 0.164. The standard InChI is InChI=1S/C20H33N5O/c1-3-21-19(26)14-18-9-5-8-12-25(18)15-17-13-16(2)22-20(23-17)24-10-6-4-7-11-24/h13,18H,3-12,14-15H2,1-2H3,(H,21,26). The number of rotatable bonds is 6. The molecule has 2 fully saturated rings. The lowest BCUT2D eigenvalue weighted by Gasteiger charge is -2.35. The van der Waals surface area contributed by atoms with Crippen LogP contribution in [0.1, 0.15) is 63.3 Å². The number of nitrogens with one attached hydrogen (secondary N) is 1. The first kappa shape index (κ1) is 19.1. The number of carbonyl (C=O) groups excluding carboxylic acids is 1. The average Bonchev–Trinajstić information content (AvgIpc) is 2.64. The van der Waals surface area contributed by atoms with Crippen LogP contribution in [-0.2, 0) is 11.3 Å². The molecule has 0 spiro atoms. The number of aryl methyl sites for hydroxylation is 1. The SMILES string of the molecule is CCNC(=O)CC1CCCCN1Cc1cc(C)nc(N2CCCCC2)n1. The van der Waals surface area contributed by atoms with Gasteiger partial charge in [0.1, 0.15) is 0 Å². The van der Waals surface area contributed by atoms with E-state index in [1.165, 1.54) is 32.1 Å². The van der Waals surface area contributed by atoms with Gasteiger partial charge in [-0.15, -0.1) is 0 Å². The Morgan fingerprint density at radius 2 is 1.92 bits per heavy atom. The Hall–Kier alpha value is -1.69. The van der Waals surface area contributed by atoms with Crippen molar-refractivity contribution < 1.29 is 4.79 Å². The third-order valence-corrected chi connectivity index (χ3v) is 5.44. The zero-order valence-electron chi connectivity index (χ0n) is 16.3. The molecule has 1 aromatic heterocycles. The molecule has 0 bridgehead atoms. The quantitative estimate of drug-likeness (QED) is 0.846. The molecule has 2 aliphatic rings. The van der Waals surface area contributed by atoms with Crippen molar-refractivity contribution in [3.05, 3.63) is 17.5 Å². The van der Waals surface area contributed by atoms with E-state index in [2.05, 4.69) is 33.1 Å². The number of likely N-dealkylation sites (tertiary alicyclic amines) is 1. The molecule has 1 atom stereocenters. The summed E-state index contributed by atoms with van der Waals surface area (Å²) >= 11 is 0. The normalized spacial score (nSPS) is 21.6. The second-order valence-electron chi connectivity index (χ2n) is 7.63. The second-order valence-corrected chi connectivity index (χ2v) is 7.63. The van der Waals surface area contributed by atoms with E-state index in [1.54, 1.807) is 0 Å². The summed E-state index contributed by atoms with van der Waals surface area (Å²) in [6.45, 7) is 8.72. The van der Waals surface area contributed by atoms with E-state index in [4.69, 9.17) is 4.98 Å². The van der Waals surface area contributed by atoms with Crippen molar-refractivity contribution in [3.63, 3.8) is 0 Å². The van der Waals surface area contributed by atoms with E-state index < -0.39 is 0 Å². The van der Waals surface area contributed by atoms with Crippen LogP contribution in [0.5, 0.6) is 0 Å². The number of piperidine rings is 2. The number of aromatic nitrogens is 2. The van der Waals surface area contributed by atoms with Crippen molar-refractivity contribution in [1.29, 1.82) is 0 Å². The number of nitrogens with zero attached hydrogens (tertiary/aromatic N) is 4. The highest BCUT2D eigenvalue weighted by atomic mass is 16.1. The first-order chi connectivity index (χ1) is 12.7. The lowest BCUT2D eigenvalue weighted by atomic mass is 9.98. The summed E-state index contributed by atoms with van der Waals surface area (Å²) in [4.78, 5) is 26.4. The molecule has 2 saturated heterocycles. The maximum absolute atomic E-state index is 12.1. The van der Waals surface area contributed by atoms with Gasteiger partial charge in [-0.05, 0) is 58.6 Å². The van der Waals surface area contributed by atoms with Gasteiger partial charge < -0.3 is 10.2 Å². The summed E-state index contributed by atoms with van der Waals surface area (Å²) in [5.74, 6) is 1.05. The van der Waals surface area contributed by atoms with Gasteiger partial charge in [-0.25, -0.2) is 9.97 Å². The molecule has 6 heteroatoms. The molecule has 3 rings (SSSR count). The van der Waals surface area contributed by atoms with Crippen molar-refractivity contribution in [2.75, 3.05) is 31.1 Å². The van der Waals surface area contributed by atoms with Gasteiger partial charge in [0.15, 0.2) is 0 Å². The van der Waals surface area contributed by atoms with E-state index >= 15 is 0 Å². The maximum Gasteiger partial charge on any atom is 0.225 e. The largest absolute Gasteiger partial charge is 0.356 e. The molecule has 2 aliphatic heterocycles. The van der Waals surface area contributed by atoms with Crippen molar-refractivity contribution in [1.82, 2.24) is 20.2 Å². The second kappa shape index (κ2) is 9.31. The summed E-state index contributed by atoms with van der Waals surface area (Å²) in [5, 5.41) is 2.94. The number of amides is 1. The van der Waals surface area contributed by atoms with E-state index in [9.17, 15) is 4.79 Å². The molecule has 0 aliphatic carbocycles. The number of hydrogen-bond acceptors (Lipinski definition) is 5. The highest BCUT2D eigenvalue weighted by molar-refractivity contribution is 5.76. The predicted octanol–water partition coefficient (Wildman–Crippen LogP) is 2.66. The van der Waals surface area contributed by atoms with Crippen molar-refractivity contribution in [3.8, 4) is 0 Å². The van der Waals surface area contributed by atoms with Crippen LogP contribution in [0.3, 0.4) is 0 Å². The van der Waals surface area contributed by atoms with Gasteiger partial charge in [0.05, 0.1) is 5.69 Å². The van der Waals surface area contributed by atoms with Crippen LogP contribution in [-0.4, -0.2) is 53.0 Å². The van der Waals surface area contributed by atoms with E-state index in [0.29, 0.717) is 19.0 Å². The predicted molar refractivity (Wildman–Crippen MR) is 104 cm³/mol. The summed E-state index contributed by atoms with van der Waals surface area (Å²) < 4.78 is 0. The Bertz CT molecular complexity index is 600. The van der Waals surface area contributed by atoms with Crippen molar-refractivity contribution in [2.24, 2.45) is 0 Å². The van der Waals surface area contributed by atoms with Crippen LogP contribution in [0.25, 0.3) is 0 Å². The van der Waals surface area contributed by atoms with Gasteiger partial charge in [0.25, 0.3) is 0 Å². The van der Waals surface area contributed by atoms with Crippen LogP contribution in [0.15, 0.2) is 6.07 Å². The zero-order valence-corrected chi connectivity index (χ0v) is 16.3. The average molecular weight is 360 g/mol. The molecule has 1 amide bonds. The van der Waals surface area contributed by atoms with Gasteiger partial charge in [0.2, 0.25) is 11.9 Å². The Kier molecular flexibility index (Phi) is 6.83. The van der Waals surface area contributed by atoms with Gasteiger partial charge in [-0.1, -0.05) is 6.42 Å². The Balaban J connectivity index is 1.69. The fourth-order valence-electron chi connectivity index (χ4n) is 4.12. The minimum atomic E-state index is 0.164. The van der Waals surface area contributed by atoms with Gasteiger partial charge >= 0.3 is 0 Å². The van der Waals surface area contributed by atoms with Crippen LogP contribution in [0.2, 0.25) is 0 Å². The monoisotopic (exact) mass is 359 g/mol. The lowest BCUT2D eigenvalue weighted by molar-refractivity contribution is -0.122. The summed E-state index contributed by atoms with van der Waals surface area (Å²) in [5.41, 5.74) is 2.12. The van der Waals surface area contributed by atoms with E-state index in [1.807, 2.05) is 6.92 Å². The topological polar surface area (TPSA) is 61.4 Å². The highest BCUT2D eigenvalue weighted by Crippen LogP contribution is 2.23. The first-order valence-electron chi connectivity index (χ1n) is 10.3. The molecule has 1 N–H and O–H groups in total. The number of hydrogen-bond donors (Lipinski definition) is 1. The van der Waals surface area contributed by atoms with Crippen molar-refractivity contribution in [2.45, 2.75) is 71.4 Å². The highest BCUT2D eigenvalue weighted by Gasteiger charge is 2.25. The third kappa shape index (κ3) is 5.16. The van der Waals surface area contributed by atoms with E-state index in [0.717, 1.165) is 49.9 Å². The molecule has 0 saturated carbocycles. The maximum atomic E-state index is 12.1. The fraction of sp³-hybridized carbons (Fsp3) is 0.750. The van der Waals surface area contributed by atoms with Crippen LogP contribution >= 0.6 is 0 Å². The number of anilines is 1. The molecular formula is C20H33N5O. The third-order valence-electron chi connectivity index (χ3n) is 5.44. The van der Waals surface area contributed by atoms with Gasteiger partial charge in [0, 0.05) is 44.3 Å². The van der Waals surface area contributed by atoms with Gasteiger partial charge in [-0.3, -0.25) is 9.69 Å². The molecule has 1 aromatic rings. The molecular weight excluding hydrogens is 326 g/mol. The van der Waals surface area contributed by atoms with E-state index in [-0.39, 0.29) is 5.91 Å². The Morgan fingerprint density at radius 3 is 2.69 bits per heavy atom. The molecule has 26 heavy (non-hydrogen) atoms. The Labute approximate surface area is 157 Å². The molecule has 0 radical (unpaired) electrons. The van der Waals surface area contributed by atoms with Gasteiger partial charge in [-0.2, -0.15) is 0 Å². The molecule has 0 aromatic carbocycles. The smallest absolute Gasteiger partial charge is 0.225 e. The zero-order chi connectivity index (χ0) is 18.4. The van der Waals surface area contributed by atoms with Crippen LogP contribution < -0.4 is 10.2 Å². The molecule has 6 nitrogen and oxygen atoms in total. The van der Waals surface area contributed by atoms with Crippen LogP contribution in [0.4, 0.5) is 5.95 Å². The summed E-state index contributed by atoms with van der Waals surface area (Å²) in [6.07, 6.45) is 7.87. The number of carbonyl (C=O) groups is 1. The van der Waals surface area contributed by atoms with Crippen LogP contribution in [0, 0.1) is 6.92 Å². The van der Waals surface area contributed by atoms with Crippen molar-refractivity contribution >= 4 is 11.9 Å².